The van der Waals surface area contributed by atoms with Crippen LogP contribution in [0.3, 0.4) is 0 Å². The minimum atomic E-state index is 0. The molecule has 0 aromatic carbocycles. The monoisotopic (exact) mass is 180 g/mol. The first-order chi connectivity index (χ1) is 0. The zero-order valence-corrected chi connectivity index (χ0v) is 4.88. The van der Waals surface area contributed by atoms with Crippen molar-refractivity contribution < 1.29 is 55.8 Å². The van der Waals surface area contributed by atoms with E-state index in [4.69, 9.17) is 0 Å². The fourth-order valence-corrected chi connectivity index (χ4v) is 0. The van der Waals surface area contributed by atoms with Crippen LogP contribution in [-0.2, 0) is 33.9 Å². The largest absolute Gasteiger partial charge is 2.00 e. The third-order valence-electron chi connectivity index (χ3n) is 0. The molecule has 0 amide bonds. The molecule has 0 bridgehead atoms. The van der Waals surface area contributed by atoms with E-state index in [0.717, 1.165) is 0 Å². The van der Waals surface area contributed by atoms with Crippen LogP contribution in [0.2, 0.25) is 0 Å². The average molecular weight is 181 g/mol. The molecule has 0 aromatic heterocycles. The van der Waals surface area contributed by atoms with Gasteiger partial charge in [-0.25, -0.2) is 0 Å². The normalized spacial score (nSPS) is 0. The Labute approximate surface area is 56.2 Å². The summed E-state index contributed by atoms with van der Waals surface area (Å²) < 4.78 is 0. The van der Waals surface area contributed by atoms with Gasteiger partial charge in [-0.1, -0.05) is 0 Å². The van der Waals surface area contributed by atoms with E-state index in [1.165, 1.54) is 0 Å². The van der Waals surface area contributed by atoms with E-state index in [-0.39, 0.29) is 55.8 Å². The summed E-state index contributed by atoms with van der Waals surface area (Å²) in [4.78, 5) is 0. The first-order valence-corrected chi connectivity index (χ1v) is 0. The van der Waals surface area contributed by atoms with Crippen molar-refractivity contribution >= 4 is 0 Å². The molecule has 46 valence electrons. The quantitative estimate of drug-likeness (QED) is 0.400. The maximum Gasteiger partial charge on any atom is 2.00 e. The third kappa shape index (κ3) is 97.0. The zero-order chi connectivity index (χ0) is 0. The topological polar surface area (TPSA) is 123 Å². The minimum Gasteiger partial charge on any atom is -0.870 e. The van der Waals surface area contributed by atoms with Gasteiger partial charge < -0.3 is 21.9 Å². The van der Waals surface area contributed by atoms with Crippen molar-refractivity contribution in [1.29, 1.82) is 0 Å². The molecule has 0 spiro atoms. The molecule has 0 rings (SSSR count). The summed E-state index contributed by atoms with van der Waals surface area (Å²) in [6.07, 6.45) is 0. The molecule has 6 N–H and O–H groups in total. The van der Waals surface area contributed by atoms with Gasteiger partial charge in [-0.2, -0.15) is 0 Å². The minimum absolute atomic E-state index is 0. The van der Waals surface area contributed by atoms with E-state index in [0.29, 0.717) is 0 Å². The van der Waals surface area contributed by atoms with Gasteiger partial charge >= 0.3 is 16.5 Å². The van der Waals surface area contributed by atoms with Gasteiger partial charge in [0.15, 0.2) is 0 Å². The maximum absolute atomic E-state index is 0. The van der Waals surface area contributed by atoms with Gasteiger partial charge in [0, 0.05) is 17.4 Å². The number of rotatable bonds is 0. The Morgan fingerprint density at radius 1 is 0.667 bits per heavy atom. The van der Waals surface area contributed by atoms with Crippen molar-refractivity contribution in [3.05, 3.63) is 0 Å². The summed E-state index contributed by atoms with van der Waals surface area (Å²) in [6.45, 7) is 0. The molecule has 0 aliphatic rings. The van der Waals surface area contributed by atoms with Crippen molar-refractivity contribution in [2.45, 2.75) is 0 Å². The smallest absolute Gasteiger partial charge is 0.870 e. The van der Waals surface area contributed by atoms with Crippen LogP contribution in [-0.4, -0.2) is 21.9 Å². The Hall–Kier alpha value is 0.866. The number of hydrogen-bond donors (Lipinski definition) is 0. The van der Waals surface area contributed by atoms with Crippen molar-refractivity contribution in [2.24, 2.45) is 0 Å². The molecule has 0 aliphatic heterocycles. The van der Waals surface area contributed by atoms with Gasteiger partial charge in [0.2, 0.25) is 0 Å². The van der Waals surface area contributed by atoms with Gasteiger partial charge in [-0.15, -0.1) is 0 Å². The second kappa shape index (κ2) is 185. The van der Waals surface area contributed by atoms with Crippen molar-refractivity contribution in [2.75, 3.05) is 0 Å². The van der Waals surface area contributed by atoms with E-state index in [2.05, 4.69) is 0 Å². The van der Waals surface area contributed by atoms with Crippen LogP contribution in [0.25, 0.3) is 0 Å². The summed E-state index contributed by atoms with van der Waals surface area (Å²) in [5, 5.41) is 0. The molecule has 6 heteroatoms. The van der Waals surface area contributed by atoms with E-state index in [1.54, 1.807) is 0 Å². The zero-order valence-electron chi connectivity index (χ0n) is 2.62. The van der Waals surface area contributed by atoms with Crippen LogP contribution in [0.1, 0.15) is 0 Å². The van der Waals surface area contributed by atoms with E-state index < -0.39 is 0 Å². The first-order valence-electron chi connectivity index (χ1n) is 0. The molecule has 0 aromatic rings. The molecule has 6 heavy (non-hydrogen) atoms. The molecule has 0 heterocycles. The average Bonchev–Trinajstić information content (AvgIpc) is 0. The van der Waals surface area contributed by atoms with Crippen LogP contribution in [0.4, 0.5) is 0 Å². The molecule has 0 radical (unpaired) electrons. The molecule has 4 nitrogen and oxygen atoms in total. The maximum atomic E-state index is 0. The molecular weight excluding hydrogens is 175 g/mol. The molecule has 0 saturated heterocycles. The van der Waals surface area contributed by atoms with Gasteiger partial charge in [0.1, 0.15) is 0 Å². The first kappa shape index (κ1) is 315. The fourth-order valence-electron chi connectivity index (χ4n) is 0. The van der Waals surface area contributed by atoms with E-state index >= 15 is 0 Å². The number of hydrogen-bond acceptors (Lipinski definition) is 2. The Balaban J connectivity index is 0. The van der Waals surface area contributed by atoms with Crippen LogP contribution in [0.5, 0.6) is 0 Å². The van der Waals surface area contributed by atoms with Gasteiger partial charge in [0.25, 0.3) is 0 Å². The Morgan fingerprint density at radius 3 is 0.667 bits per heavy atom. The molecule has 0 aliphatic carbocycles. The van der Waals surface area contributed by atoms with Crippen molar-refractivity contribution in [3.63, 3.8) is 0 Å². The van der Waals surface area contributed by atoms with Crippen molar-refractivity contribution in [1.82, 2.24) is 0 Å². The van der Waals surface area contributed by atoms with E-state index in [1.807, 2.05) is 0 Å². The molecule has 0 saturated carbocycles. The summed E-state index contributed by atoms with van der Waals surface area (Å²) in [6, 6.07) is 0. The summed E-state index contributed by atoms with van der Waals surface area (Å²) in [7, 11) is 0. The predicted molar refractivity (Wildman–Crippen MR) is 11.1 cm³/mol. The molecular formula is H6CrNiO4. The second-order valence-electron chi connectivity index (χ2n) is 0. The van der Waals surface area contributed by atoms with Gasteiger partial charge in [-0.05, 0) is 0 Å². The molecule has 0 unspecified atom stereocenters. The van der Waals surface area contributed by atoms with Gasteiger partial charge in [-0.3, -0.25) is 0 Å². The summed E-state index contributed by atoms with van der Waals surface area (Å²) in [5.41, 5.74) is 0. The van der Waals surface area contributed by atoms with Crippen LogP contribution in [0.15, 0.2) is 0 Å². The molecule has 0 fully saturated rings. The van der Waals surface area contributed by atoms with Crippen LogP contribution in [0, 0.1) is 0 Å². The van der Waals surface area contributed by atoms with Crippen molar-refractivity contribution in [3.8, 4) is 0 Å². The predicted octanol–water partition coefficient (Wildman–Crippen LogP) is -2.01. The standard InChI is InChI=1S/Cr.Ni.4H2O/h;;4*1H2/q;+2;;;;/p-2. The Bertz CT molecular complexity index is 7.51. The molecule has 0 atom stereocenters. The SMILES string of the molecule is O.O.[Cr].[Ni+2].[OH-].[OH-]. The summed E-state index contributed by atoms with van der Waals surface area (Å²) in [5.74, 6) is 0. The Morgan fingerprint density at radius 2 is 0.667 bits per heavy atom. The summed E-state index contributed by atoms with van der Waals surface area (Å²) >= 11 is 0. The second-order valence-corrected chi connectivity index (χ2v) is 0. The fraction of sp³-hybridized carbons (Fsp3) is 0. The van der Waals surface area contributed by atoms with Gasteiger partial charge in [0.05, 0.1) is 0 Å². The third-order valence-corrected chi connectivity index (χ3v) is 0. The van der Waals surface area contributed by atoms with E-state index in [9.17, 15) is 0 Å². The van der Waals surface area contributed by atoms with Crippen LogP contribution >= 0.6 is 0 Å². The Kier molecular flexibility index (Phi) is 9730. The van der Waals surface area contributed by atoms with Crippen LogP contribution < -0.4 is 0 Å².